The first-order valence-corrected chi connectivity index (χ1v) is 6.07. The molecule has 2 nitrogen and oxygen atoms in total. The van der Waals surface area contributed by atoms with Gasteiger partial charge in [-0.05, 0) is 31.0 Å². The minimum absolute atomic E-state index is 0.0823. The lowest BCUT2D eigenvalue weighted by Gasteiger charge is -2.06. The minimum Gasteiger partial charge on any atom is -0.352 e. The summed E-state index contributed by atoms with van der Waals surface area (Å²) in [6.45, 7) is 4.81. The minimum atomic E-state index is -0.0823. The number of benzene rings is 1. The third kappa shape index (κ3) is 3.86. The second kappa shape index (κ2) is 6.54. The fraction of sp³-hybridized carbons (Fsp3) is 0.462. The number of rotatable bonds is 5. The van der Waals surface area contributed by atoms with Gasteiger partial charge in [-0.15, -0.1) is 0 Å². The van der Waals surface area contributed by atoms with Crippen molar-refractivity contribution in [1.82, 2.24) is 5.32 Å². The topological polar surface area (TPSA) is 29.1 Å². The number of nitrogens with one attached hydrogen (secondary N) is 1. The SMILES string of the molecule is CCCCCNC(=O)c1ccc(C)cc1Cl. The fourth-order valence-corrected chi connectivity index (χ4v) is 1.80. The highest BCUT2D eigenvalue weighted by Crippen LogP contribution is 2.17. The molecule has 3 heteroatoms. The predicted molar refractivity (Wildman–Crippen MR) is 68.0 cm³/mol. The van der Waals surface area contributed by atoms with Crippen molar-refractivity contribution in [1.29, 1.82) is 0 Å². The zero-order valence-corrected chi connectivity index (χ0v) is 10.6. The summed E-state index contributed by atoms with van der Waals surface area (Å²) in [7, 11) is 0. The van der Waals surface area contributed by atoms with Gasteiger partial charge in [-0.1, -0.05) is 37.4 Å². The molecule has 0 saturated heterocycles. The first kappa shape index (κ1) is 13.0. The van der Waals surface area contributed by atoms with E-state index in [2.05, 4.69) is 12.2 Å². The highest BCUT2D eigenvalue weighted by molar-refractivity contribution is 6.33. The van der Waals surface area contributed by atoms with Crippen molar-refractivity contribution in [3.8, 4) is 0 Å². The van der Waals surface area contributed by atoms with Gasteiger partial charge in [-0.3, -0.25) is 4.79 Å². The summed E-state index contributed by atoms with van der Waals surface area (Å²) in [5, 5.41) is 3.39. The highest BCUT2D eigenvalue weighted by atomic mass is 35.5. The van der Waals surface area contributed by atoms with Gasteiger partial charge in [0, 0.05) is 6.54 Å². The van der Waals surface area contributed by atoms with Gasteiger partial charge in [0.05, 0.1) is 10.6 Å². The Morgan fingerprint density at radius 2 is 2.12 bits per heavy atom. The lowest BCUT2D eigenvalue weighted by atomic mass is 10.1. The quantitative estimate of drug-likeness (QED) is 0.782. The molecular weight excluding hydrogens is 222 g/mol. The summed E-state index contributed by atoms with van der Waals surface area (Å²) in [6, 6.07) is 5.47. The monoisotopic (exact) mass is 239 g/mol. The molecule has 16 heavy (non-hydrogen) atoms. The van der Waals surface area contributed by atoms with Gasteiger partial charge >= 0.3 is 0 Å². The molecule has 0 spiro atoms. The van der Waals surface area contributed by atoms with Gasteiger partial charge in [0.25, 0.3) is 5.91 Å². The van der Waals surface area contributed by atoms with Crippen molar-refractivity contribution in [2.45, 2.75) is 33.1 Å². The molecule has 0 aromatic heterocycles. The summed E-state index contributed by atoms with van der Waals surface area (Å²) in [5.74, 6) is -0.0823. The van der Waals surface area contributed by atoms with E-state index in [1.807, 2.05) is 19.1 Å². The van der Waals surface area contributed by atoms with Crippen LogP contribution in [0.1, 0.15) is 42.1 Å². The van der Waals surface area contributed by atoms with E-state index < -0.39 is 0 Å². The van der Waals surface area contributed by atoms with E-state index in [0.29, 0.717) is 10.6 Å². The maximum atomic E-state index is 11.7. The maximum absolute atomic E-state index is 11.7. The summed E-state index contributed by atoms with van der Waals surface area (Å²) in [5.41, 5.74) is 1.62. The van der Waals surface area contributed by atoms with Crippen molar-refractivity contribution in [3.05, 3.63) is 34.3 Å². The van der Waals surface area contributed by atoms with Crippen LogP contribution in [0.25, 0.3) is 0 Å². The number of unbranched alkanes of at least 4 members (excludes halogenated alkanes) is 2. The molecule has 0 aliphatic carbocycles. The summed E-state index contributed by atoms with van der Waals surface area (Å²) in [6.07, 6.45) is 3.31. The Balaban J connectivity index is 2.53. The van der Waals surface area contributed by atoms with Crippen LogP contribution in [-0.2, 0) is 0 Å². The Kier molecular flexibility index (Phi) is 5.33. The van der Waals surface area contributed by atoms with E-state index in [1.54, 1.807) is 6.07 Å². The number of hydrogen-bond donors (Lipinski definition) is 1. The molecule has 88 valence electrons. The molecule has 0 atom stereocenters. The molecule has 1 rings (SSSR count). The standard InChI is InChI=1S/C13H18ClNO/c1-3-4-5-8-15-13(16)11-7-6-10(2)9-12(11)14/h6-7,9H,3-5,8H2,1-2H3,(H,15,16). The molecule has 1 amide bonds. The lowest BCUT2D eigenvalue weighted by molar-refractivity contribution is 0.0953. The Labute approximate surface area is 102 Å². The van der Waals surface area contributed by atoms with Gasteiger partial charge in [-0.2, -0.15) is 0 Å². The zero-order valence-electron chi connectivity index (χ0n) is 9.85. The average Bonchev–Trinajstić information content (AvgIpc) is 2.24. The summed E-state index contributed by atoms with van der Waals surface area (Å²) < 4.78 is 0. The van der Waals surface area contributed by atoms with E-state index in [-0.39, 0.29) is 5.91 Å². The smallest absolute Gasteiger partial charge is 0.252 e. The molecule has 1 aromatic rings. The second-order valence-corrected chi connectivity index (χ2v) is 4.35. The molecule has 0 radical (unpaired) electrons. The van der Waals surface area contributed by atoms with Crippen LogP contribution < -0.4 is 5.32 Å². The van der Waals surface area contributed by atoms with Gasteiger partial charge < -0.3 is 5.32 Å². The molecule has 0 aliphatic heterocycles. The molecule has 1 N–H and O–H groups in total. The highest BCUT2D eigenvalue weighted by Gasteiger charge is 2.08. The molecular formula is C13H18ClNO. The lowest BCUT2D eigenvalue weighted by Crippen LogP contribution is -2.24. The van der Waals surface area contributed by atoms with E-state index in [1.165, 1.54) is 0 Å². The van der Waals surface area contributed by atoms with Crippen LogP contribution in [-0.4, -0.2) is 12.5 Å². The Hall–Kier alpha value is -1.02. The third-order valence-electron chi connectivity index (χ3n) is 2.44. The van der Waals surface area contributed by atoms with Gasteiger partial charge in [0.1, 0.15) is 0 Å². The first-order valence-electron chi connectivity index (χ1n) is 5.69. The van der Waals surface area contributed by atoms with Crippen molar-refractivity contribution < 1.29 is 4.79 Å². The molecule has 0 unspecified atom stereocenters. The Bertz CT molecular complexity index is 363. The number of carbonyl (C=O) groups excluding carboxylic acids is 1. The molecule has 0 fully saturated rings. The Morgan fingerprint density at radius 1 is 1.38 bits per heavy atom. The largest absolute Gasteiger partial charge is 0.352 e. The van der Waals surface area contributed by atoms with Crippen LogP contribution in [0.4, 0.5) is 0 Å². The van der Waals surface area contributed by atoms with Crippen molar-refractivity contribution in [3.63, 3.8) is 0 Å². The molecule has 0 bridgehead atoms. The van der Waals surface area contributed by atoms with E-state index in [9.17, 15) is 4.79 Å². The van der Waals surface area contributed by atoms with Gasteiger partial charge in [-0.25, -0.2) is 0 Å². The summed E-state index contributed by atoms with van der Waals surface area (Å²) in [4.78, 5) is 11.7. The van der Waals surface area contributed by atoms with Gasteiger partial charge in [0.15, 0.2) is 0 Å². The van der Waals surface area contributed by atoms with E-state index in [4.69, 9.17) is 11.6 Å². The number of halogens is 1. The number of carbonyl (C=O) groups is 1. The second-order valence-electron chi connectivity index (χ2n) is 3.95. The van der Waals surface area contributed by atoms with Crippen molar-refractivity contribution >= 4 is 17.5 Å². The Morgan fingerprint density at radius 3 is 2.75 bits per heavy atom. The van der Waals surface area contributed by atoms with E-state index >= 15 is 0 Å². The zero-order chi connectivity index (χ0) is 12.0. The average molecular weight is 240 g/mol. The van der Waals surface area contributed by atoms with Gasteiger partial charge in [0.2, 0.25) is 0 Å². The van der Waals surface area contributed by atoms with Crippen LogP contribution >= 0.6 is 11.6 Å². The van der Waals surface area contributed by atoms with Crippen molar-refractivity contribution in [2.24, 2.45) is 0 Å². The van der Waals surface area contributed by atoms with Crippen molar-refractivity contribution in [2.75, 3.05) is 6.54 Å². The number of hydrogen-bond acceptors (Lipinski definition) is 1. The van der Waals surface area contributed by atoms with Crippen LogP contribution in [0.3, 0.4) is 0 Å². The number of aryl methyl sites for hydroxylation is 1. The normalized spacial score (nSPS) is 10.2. The van der Waals surface area contributed by atoms with Crippen LogP contribution in [0.5, 0.6) is 0 Å². The van der Waals surface area contributed by atoms with Crippen LogP contribution in [0, 0.1) is 6.92 Å². The molecule has 0 saturated carbocycles. The maximum Gasteiger partial charge on any atom is 0.252 e. The van der Waals surface area contributed by atoms with Crippen LogP contribution in [0.15, 0.2) is 18.2 Å². The molecule has 0 heterocycles. The predicted octanol–water partition coefficient (Wildman–Crippen LogP) is 3.57. The molecule has 1 aromatic carbocycles. The van der Waals surface area contributed by atoms with Crippen LogP contribution in [0.2, 0.25) is 5.02 Å². The summed E-state index contributed by atoms with van der Waals surface area (Å²) >= 11 is 6.00. The van der Waals surface area contributed by atoms with E-state index in [0.717, 1.165) is 31.4 Å². The molecule has 0 aliphatic rings. The fourth-order valence-electron chi connectivity index (χ4n) is 1.48. The first-order chi connectivity index (χ1) is 7.65. The third-order valence-corrected chi connectivity index (χ3v) is 2.75. The number of amides is 1.